The number of hydrogen-bond acceptors (Lipinski definition) is 3. The van der Waals surface area contributed by atoms with Gasteiger partial charge >= 0.3 is 0 Å². The van der Waals surface area contributed by atoms with E-state index in [0.717, 1.165) is 23.0 Å². The quantitative estimate of drug-likeness (QED) is 0.852. The Morgan fingerprint density at radius 2 is 2.05 bits per heavy atom. The van der Waals surface area contributed by atoms with Crippen molar-refractivity contribution in [2.45, 2.75) is 12.5 Å². The highest BCUT2D eigenvalue weighted by molar-refractivity contribution is 9.10. The van der Waals surface area contributed by atoms with E-state index in [2.05, 4.69) is 45.5 Å². The maximum atomic E-state index is 13.1. The molecule has 1 unspecified atom stereocenters. The molecule has 0 amide bonds. The van der Waals surface area contributed by atoms with E-state index < -0.39 is 0 Å². The van der Waals surface area contributed by atoms with E-state index in [-0.39, 0.29) is 5.82 Å². The fourth-order valence-corrected chi connectivity index (χ4v) is 3.58. The van der Waals surface area contributed by atoms with Crippen molar-refractivity contribution in [1.29, 1.82) is 0 Å². The molecule has 3 rings (SSSR count). The van der Waals surface area contributed by atoms with Crippen molar-refractivity contribution >= 4 is 38.5 Å². The van der Waals surface area contributed by atoms with Crippen LogP contribution in [-0.4, -0.2) is 17.0 Å². The molecule has 1 atom stereocenters. The zero-order valence-corrected chi connectivity index (χ0v) is 13.6. The Kier molecular flexibility index (Phi) is 4.60. The van der Waals surface area contributed by atoms with Gasteiger partial charge in [0.15, 0.2) is 5.17 Å². The summed E-state index contributed by atoms with van der Waals surface area (Å²) >= 11 is 5.06. The minimum atomic E-state index is -0.254. The van der Waals surface area contributed by atoms with Crippen molar-refractivity contribution in [3.8, 4) is 0 Å². The minimum Gasteiger partial charge on any atom is -0.334 e. The molecule has 0 saturated carbocycles. The summed E-state index contributed by atoms with van der Waals surface area (Å²) < 4.78 is 13.8. The Morgan fingerprint density at radius 1 is 1.24 bits per heavy atom. The zero-order chi connectivity index (χ0) is 14.7. The number of halogens is 2. The van der Waals surface area contributed by atoms with Gasteiger partial charge in [-0.05, 0) is 46.1 Å². The first-order chi connectivity index (χ1) is 10.2. The van der Waals surface area contributed by atoms with Crippen LogP contribution in [0.3, 0.4) is 0 Å². The van der Waals surface area contributed by atoms with Crippen LogP contribution in [0, 0.1) is 5.82 Å². The molecule has 0 aromatic heterocycles. The van der Waals surface area contributed by atoms with Gasteiger partial charge in [0.2, 0.25) is 0 Å². The predicted octanol–water partition coefficient (Wildman–Crippen LogP) is 4.71. The molecule has 0 radical (unpaired) electrons. The van der Waals surface area contributed by atoms with Gasteiger partial charge in [-0.2, -0.15) is 0 Å². The lowest BCUT2D eigenvalue weighted by atomic mass is 10.1. The van der Waals surface area contributed by atoms with Crippen molar-refractivity contribution in [1.82, 2.24) is 0 Å². The van der Waals surface area contributed by atoms with Gasteiger partial charge in [-0.3, -0.25) is 4.99 Å². The number of benzene rings is 2. The largest absolute Gasteiger partial charge is 0.334 e. The van der Waals surface area contributed by atoms with Gasteiger partial charge in [0, 0.05) is 10.2 Å². The molecule has 21 heavy (non-hydrogen) atoms. The fraction of sp³-hybridized carbons (Fsp3) is 0.188. The average Bonchev–Trinajstić information content (AvgIpc) is 2.90. The highest BCUT2D eigenvalue weighted by atomic mass is 79.9. The number of nitrogens with zero attached hydrogens (tertiary/aromatic N) is 1. The maximum absolute atomic E-state index is 13.1. The summed E-state index contributed by atoms with van der Waals surface area (Å²) in [6.07, 6.45) is 0.948. The molecule has 1 heterocycles. The lowest BCUT2D eigenvalue weighted by Gasteiger charge is -2.07. The van der Waals surface area contributed by atoms with Crippen LogP contribution in [-0.2, 0) is 6.42 Å². The third-order valence-electron chi connectivity index (χ3n) is 3.20. The third-order valence-corrected chi connectivity index (χ3v) is 4.89. The molecule has 2 nitrogen and oxygen atoms in total. The second-order valence-electron chi connectivity index (χ2n) is 4.84. The lowest BCUT2D eigenvalue weighted by Crippen LogP contribution is -2.08. The second kappa shape index (κ2) is 6.62. The summed E-state index contributed by atoms with van der Waals surface area (Å²) in [7, 11) is 0. The van der Waals surface area contributed by atoms with E-state index in [1.54, 1.807) is 17.8 Å². The van der Waals surface area contributed by atoms with Crippen molar-refractivity contribution in [3.63, 3.8) is 0 Å². The predicted molar refractivity (Wildman–Crippen MR) is 91.5 cm³/mol. The molecule has 0 bridgehead atoms. The molecule has 0 fully saturated rings. The second-order valence-corrected chi connectivity index (χ2v) is 6.70. The number of anilines is 1. The SMILES string of the molecule is Fc1ccc(NC2=NC(Cc3ccccc3)CS2)c(Br)c1. The van der Waals surface area contributed by atoms with Crippen molar-refractivity contribution < 1.29 is 4.39 Å². The van der Waals surface area contributed by atoms with Crippen molar-refractivity contribution in [2.75, 3.05) is 11.1 Å². The number of amidine groups is 1. The van der Waals surface area contributed by atoms with Gasteiger partial charge in [-0.25, -0.2) is 4.39 Å². The fourth-order valence-electron chi connectivity index (χ4n) is 2.18. The minimum absolute atomic E-state index is 0.254. The van der Waals surface area contributed by atoms with Crippen LogP contribution in [0.4, 0.5) is 10.1 Å². The molecule has 2 aromatic rings. The van der Waals surface area contributed by atoms with E-state index in [0.29, 0.717) is 10.5 Å². The maximum Gasteiger partial charge on any atom is 0.161 e. The summed E-state index contributed by atoms with van der Waals surface area (Å²) in [5.74, 6) is 0.714. The van der Waals surface area contributed by atoms with Gasteiger partial charge in [-0.15, -0.1) is 0 Å². The van der Waals surface area contributed by atoms with E-state index in [4.69, 9.17) is 4.99 Å². The lowest BCUT2D eigenvalue weighted by molar-refractivity contribution is 0.627. The Balaban J connectivity index is 1.66. The first-order valence-corrected chi connectivity index (χ1v) is 8.45. The molecular weight excluding hydrogens is 351 g/mol. The van der Waals surface area contributed by atoms with E-state index >= 15 is 0 Å². The molecule has 0 spiro atoms. The number of aliphatic imine (C=N–C) groups is 1. The highest BCUT2D eigenvalue weighted by Gasteiger charge is 2.19. The molecule has 0 aliphatic carbocycles. The first-order valence-electron chi connectivity index (χ1n) is 6.67. The third kappa shape index (κ3) is 3.86. The van der Waals surface area contributed by atoms with Gasteiger partial charge < -0.3 is 5.32 Å². The van der Waals surface area contributed by atoms with E-state index in [1.165, 1.54) is 17.7 Å². The van der Waals surface area contributed by atoms with Crippen LogP contribution in [0.5, 0.6) is 0 Å². The molecule has 108 valence electrons. The Labute approximate surface area is 136 Å². The van der Waals surface area contributed by atoms with Gasteiger partial charge in [-0.1, -0.05) is 42.1 Å². The van der Waals surface area contributed by atoms with Gasteiger partial charge in [0.1, 0.15) is 5.82 Å². The van der Waals surface area contributed by atoms with Crippen molar-refractivity contribution in [2.24, 2.45) is 4.99 Å². The van der Waals surface area contributed by atoms with Crippen LogP contribution in [0.2, 0.25) is 0 Å². The first kappa shape index (κ1) is 14.6. The molecule has 1 aliphatic rings. The molecular formula is C16H14BrFN2S. The standard InChI is InChI=1S/C16H14BrFN2S/c17-14-9-12(18)6-7-15(14)20-16-19-13(10-21-16)8-11-4-2-1-3-5-11/h1-7,9,13H,8,10H2,(H,19,20). The summed E-state index contributed by atoms with van der Waals surface area (Å²) in [5.41, 5.74) is 2.14. The Bertz CT molecular complexity index is 661. The average molecular weight is 365 g/mol. The van der Waals surface area contributed by atoms with E-state index in [9.17, 15) is 4.39 Å². The van der Waals surface area contributed by atoms with Crippen LogP contribution < -0.4 is 5.32 Å². The molecule has 0 saturated heterocycles. The van der Waals surface area contributed by atoms with Gasteiger partial charge in [0.25, 0.3) is 0 Å². The highest BCUT2D eigenvalue weighted by Crippen LogP contribution is 2.27. The van der Waals surface area contributed by atoms with Crippen LogP contribution >= 0.6 is 27.7 Å². The topological polar surface area (TPSA) is 24.4 Å². The summed E-state index contributed by atoms with van der Waals surface area (Å²) in [6.45, 7) is 0. The smallest absolute Gasteiger partial charge is 0.161 e. The normalized spacial score (nSPS) is 17.6. The summed E-state index contributed by atoms with van der Waals surface area (Å²) in [6, 6.07) is 15.3. The van der Waals surface area contributed by atoms with Crippen LogP contribution in [0.25, 0.3) is 0 Å². The summed E-state index contributed by atoms with van der Waals surface area (Å²) in [4.78, 5) is 4.70. The number of hydrogen-bond donors (Lipinski definition) is 1. The molecule has 1 N–H and O–H groups in total. The molecule has 5 heteroatoms. The van der Waals surface area contributed by atoms with Crippen molar-refractivity contribution in [3.05, 3.63) is 64.4 Å². The monoisotopic (exact) mass is 364 g/mol. The van der Waals surface area contributed by atoms with Crippen LogP contribution in [0.15, 0.2) is 58.0 Å². The molecule has 1 aliphatic heterocycles. The Morgan fingerprint density at radius 3 is 2.81 bits per heavy atom. The Hall–Kier alpha value is -1.33. The zero-order valence-electron chi connectivity index (χ0n) is 11.2. The summed E-state index contributed by atoms with van der Waals surface area (Å²) in [5, 5.41) is 4.14. The van der Waals surface area contributed by atoms with Crippen LogP contribution in [0.1, 0.15) is 5.56 Å². The number of nitrogens with one attached hydrogen (secondary N) is 1. The molecule has 2 aromatic carbocycles. The van der Waals surface area contributed by atoms with Gasteiger partial charge in [0.05, 0.1) is 11.7 Å². The number of rotatable bonds is 3. The van der Waals surface area contributed by atoms with E-state index in [1.807, 2.05) is 6.07 Å². The number of thioether (sulfide) groups is 1.